The zero-order valence-corrected chi connectivity index (χ0v) is 20.3. The molecular formula is C26H22ClNO6S. The van der Waals surface area contributed by atoms with Crippen molar-refractivity contribution in [2.75, 3.05) is 6.79 Å². The van der Waals surface area contributed by atoms with E-state index in [-0.39, 0.29) is 23.7 Å². The predicted molar refractivity (Wildman–Crippen MR) is 130 cm³/mol. The van der Waals surface area contributed by atoms with Crippen LogP contribution in [0.5, 0.6) is 11.5 Å². The number of sulfonamides is 1. The van der Waals surface area contributed by atoms with Gasteiger partial charge in [-0.25, -0.2) is 13.2 Å². The Bertz CT molecular complexity index is 1430. The zero-order valence-electron chi connectivity index (χ0n) is 18.7. The van der Waals surface area contributed by atoms with Crippen LogP contribution in [0.25, 0.3) is 0 Å². The summed E-state index contributed by atoms with van der Waals surface area (Å²) in [7, 11) is -4.15. The van der Waals surface area contributed by atoms with Gasteiger partial charge in [-0.05, 0) is 60.9 Å². The van der Waals surface area contributed by atoms with E-state index in [1.54, 1.807) is 60.7 Å². The molecule has 0 aromatic heterocycles. The molecule has 3 aromatic rings. The van der Waals surface area contributed by atoms with Gasteiger partial charge in [0.25, 0.3) is 0 Å². The van der Waals surface area contributed by atoms with Gasteiger partial charge in [-0.1, -0.05) is 53.6 Å². The molecule has 5 rings (SSSR count). The van der Waals surface area contributed by atoms with Gasteiger partial charge in [-0.3, -0.25) is 0 Å². The molecule has 2 atom stereocenters. The number of halogens is 1. The first-order chi connectivity index (χ1) is 16.8. The van der Waals surface area contributed by atoms with Gasteiger partial charge in [0.15, 0.2) is 11.5 Å². The molecule has 3 aromatic carbocycles. The third kappa shape index (κ3) is 4.29. The van der Waals surface area contributed by atoms with Crippen LogP contribution in [0.2, 0.25) is 5.02 Å². The number of carboxylic acid groups (broad SMARTS) is 1. The van der Waals surface area contributed by atoms with E-state index in [2.05, 4.69) is 0 Å². The molecular weight excluding hydrogens is 490 g/mol. The Morgan fingerprint density at radius 1 is 1.00 bits per heavy atom. The quantitative estimate of drug-likeness (QED) is 0.502. The SMILES string of the molecule is Cc1ccc(S(=O)(=O)N2C(c3ccc4c(c3)OCO4)CC=C(C(=O)O)C2c2cccc(Cl)c2)cc1. The summed E-state index contributed by atoms with van der Waals surface area (Å²) in [6.07, 6.45) is 1.76. The van der Waals surface area contributed by atoms with E-state index in [0.29, 0.717) is 27.6 Å². The number of carboxylic acids is 1. The second-order valence-corrected chi connectivity index (χ2v) is 10.7. The largest absolute Gasteiger partial charge is 0.478 e. The van der Waals surface area contributed by atoms with Crippen molar-refractivity contribution < 1.29 is 27.8 Å². The van der Waals surface area contributed by atoms with Crippen molar-refractivity contribution in [1.29, 1.82) is 0 Å². The van der Waals surface area contributed by atoms with Crippen molar-refractivity contribution in [3.63, 3.8) is 0 Å². The lowest BCUT2D eigenvalue weighted by Gasteiger charge is -2.40. The topological polar surface area (TPSA) is 93.1 Å². The maximum atomic E-state index is 14.2. The number of hydrogen-bond acceptors (Lipinski definition) is 5. The molecule has 180 valence electrons. The Labute approximate surface area is 208 Å². The third-order valence-corrected chi connectivity index (χ3v) is 8.33. The van der Waals surface area contributed by atoms with Crippen molar-refractivity contribution >= 4 is 27.6 Å². The maximum absolute atomic E-state index is 14.2. The Hall–Kier alpha value is -3.33. The molecule has 35 heavy (non-hydrogen) atoms. The number of benzene rings is 3. The van der Waals surface area contributed by atoms with Gasteiger partial charge < -0.3 is 14.6 Å². The molecule has 0 radical (unpaired) electrons. The number of ether oxygens (including phenoxy) is 2. The zero-order chi connectivity index (χ0) is 24.7. The summed E-state index contributed by atoms with van der Waals surface area (Å²) in [5.41, 5.74) is 2.01. The number of aliphatic carboxylic acids is 1. The van der Waals surface area contributed by atoms with Gasteiger partial charge >= 0.3 is 5.97 Å². The summed E-state index contributed by atoms with van der Waals surface area (Å²) >= 11 is 6.24. The van der Waals surface area contributed by atoms with Crippen molar-refractivity contribution in [3.8, 4) is 11.5 Å². The molecule has 0 saturated heterocycles. The summed E-state index contributed by atoms with van der Waals surface area (Å²) in [5, 5.41) is 10.4. The highest BCUT2D eigenvalue weighted by molar-refractivity contribution is 7.89. The summed E-state index contributed by atoms with van der Waals surface area (Å²) in [6.45, 7) is 1.95. The van der Waals surface area contributed by atoms with E-state index >= 15 is 0 Å². The van der Waals surface area contributed by atoms with Gasteiger partial charge in [0.1, 0.15) is 0 Å². The second kappa shape index (κ2) is 9.03. The predicted octanol–water partition coefficient (Wildman–Crippen LogP) is 5.27. The van der Waals surface area contributed by atoms with Crippen LogP contribution in [0.1, 0.15) is 35.2 Å². The Morgan fingerprint density at radius 2 is 1.74 bits per heavy atom. The van der Waals surface area contributed by atoms with Gasteiger partial charge in [-0.15, -0.1) is 0 Å². The number of nitrogens with zero attached hydrogens (tertiary/aromatic N) is 1. The fraction of sp³-hybridized carbons (Fsp3) is 0.192. The minimum Gasteiger partial charge on any atom is -0.478 e. The van der Waals surface area contributed by atoms with Crippen LogP contribution < -0.4 is 9.47 Å². The van der Waals surface area contributed by atoms with E-state index < -0.39 is 28.1 Å². The Morgan fingerprint density at radius 3 is 2.46 bits per heavy atom. The second-order valence-electron chi connectivity index (χ2n) is 8.43. The van der Waals surface area contributed by atoms with Crippen LogP contribution in [0, 0.1) is 6.92 Å². The van der Waals surface area contributed by atoms with Gasteiger partial charge in [0.2, 0.25) is 16.8 Å². The van der Waals surface area contributed by atoms with E-state index in [1.807, 2.05) is 6.92 Å². The molecule has 9 heteroatoms. The molecule has 0 aliphatic carbocycles. The van der Waals surface area contributed by atoms with Crippen LogP contribution in [0.15, 0.2) is 83.3 Å². The molecule has 1 N–H and O–H groups in total. The van der Waals surface area contributed by atoms with E-state index in [0.717, 1.165) is 5.56 Å². The fourth-order valence-corrected chi connectivity index (χ4v) is 6.50. The standard InChI is InChI=1S/C26H22ClNO6S/c1-16-5-8-20(9-6-16)35(31,32)28-22(17-7-12-23-24(14-17)34-15-33-23)11-10-21(26(29)30)25(28)18-3-2-4-19(27)13-18/h2-10,12-14,22,25H,11,15H2,1H3,(H,29,30). The molecule has 0 spiro atoms. The normalized spacial score (nSPS) is 19.9. The molecule has 0 saturated carbocycles. The number of carbonyl (C=O) groups is 1. The van der Waals surface area contributed by atoms with E-state index in [4.69, 9.17) is 21.1 Å². The first kappa shape index (κ1) is 23.4. The van der Waals surface area contributed by atoms with E-state index in [1.165, 1.54) is 16.4 Å². The number of fused-ring (bicyclic) bond motifs is 1. The van der Waals surface area contributed by atoms with Crippen LogP contribution in [0.4, 0.5) is 0 Å². The van der Waals surface area contributed by atoms with Crippen LogP contribution >= 0.6 is 11.6 Å². The molecule has 2 aliphatic heterocycles. The highest BCUT2D eigenvalue weighted by Gasteiger charge is 2.44. The Kier molecular flexibility index (Phi) is 6.04. The number of rotatable bonds is 5. The van der Waals surface area contributed by atoms with Crippen LogP contribution in [-0.4, -0.2) is 30.6 Å². The molecule has 2 aliphatic rings. The summed E-state index contributed by atoms with van der Waals surface area (Å²) in [5.74, 6) is -0.101. The lowest BCUT2D eigenvalue weighted by atomic mass is 9.89. The van der Waals surface area contributed by atoms with Crippen LogP contribution in [0.3, 0.4) is 0 Å². The first-order valence-electron chi connectivity index (χ1n) is 10.9. The minimum absolute atomic E-state index is 0.0278. The van der Waals surface area contributed by atoms with Crippen molar-refractivity contribution in [3.05, 3.63) is 100 Å². The van der Waals surface area contributed by atoms with Crippen molar-refractivity contribution in [1.82, 2.24) is 4.31 Å². The highest BCUT2D eigenvalue weighted by atomic mass is 35.5. The lowest BCUT2D eigenvalue weighted by Crippen LogP contribution is -2.42. The van der Waals surface area contributed by atoms with Gasteiger partial charge in [0, 0.05) is 5.02 Å². The van der Waals surface area contributed by atoms with Gasteiger partial charge in [0.05, 0.1) is 22.6 Å². The summed E-state index contributed by atoms with van der Waals surface area (Å²) in [4.78, 5) is 12.4. The van der Waals surface area contributed by atoms with E-state index in [9.17, 15) is 18.3 Å². The van der Waals surface area contributed by atoms with Crippen molar-refractivity contribution in [2.24, 2.45) is 0 Å². The van der Waals surface area contributed by atoms with Gasteiger partial charge in [-0.2, -0.15) is 4.31 Å². The average Bonchev–Trinajstić information content (AvgIpc) is 3.31. The monoisotopic (exact) mass is 511 g/mol. The summed E-state index contributed by atoms with van der Waals surface area (Å²) < 4.78 is 40.5. The Balaban J connectivity index is 1.73. The summed E-state index contributed by atoms with van der Waals surface area (Å²) in [6, 6.07) is 16.6. The molecule has 7 nitrogen and oxygen atoms in total. The van der Waals surface area contributed by atoms with Crippen molar-refractivity contribution in [2.45, 2.75) is 30.3 Å². The third-order valence-electron chi connectivity index (χ3n) is 6.21. The van der Waals surface area contributed by atoms with Crippen LogP contribution in [-0.2, 0) is 14.8 Å². The molecule has 0 bridgehead atoms. The number of aryl methyl sites for hydroxylation is 1. The smallest absolute Gasteiger partial charge is 0.333 e. The lowest BCUT2D eigenvalue weighted by molar-refractivity contribution is -0.133. The average molecular weight is 512 g/mol. The molecule has 0 fully saturated rings. The molecule has 2 heterocycles. The first-order valence-corrected chi connectivity index (χ1v) is 12.8. The highest BCUT2D eigenvalue weighted by Crippen LogP contribution is 2.47. The maximum Gasteiger partial charge on any atom is 0.333 e. The number of hydrogen-bond donors (Lipinski definition) is 1. The minimum atomic E-state index is -4.15. The fourth-order valence-electron chi connectivity index (χ4n) is 4.52. The molecule has 2 unspecified atom stereocenters. The molecule has 0 amide bonds.